The van der Waals surface area contributed by atoms with E-state index in [-0.39, 0.29) is 5.91 Å². The molecule has 2 heterocycles. The summed E-state index contributed by atoms with van der Waals surface area (Å²) in [5.74, 6) is 0.397. The van der Waals surface area contributed by atoms with Crippen LogP contribution in [0.2, 0.25) is 0 Å². The minimum Gasteiger partial charge on any atom is -0.495 e. The second-order valence-corrected chi connectivity index (χ2v) is 8.52. The molecule has 5 aromatic rings. The molecule has 7 nitrogen and oxygen atoms in total. The van der Waals surface area contributed by atoms with Crippen molar-refractivity contribution in [3.8, 4) is 11.4 Å². The third-order valence-electron chi connectivity index (χ3n) is 5.16. The van der Waals surface area contributed by atoms with Gasteiger partial charge in [0.15, 0.2) is 5.16 Å². The van der Waals surface area contributed by atoms with Gasteiger partial charge in [-0.05, 0) is 31.2 Å². The van der Waals surface area contributed by atoms with Gasteiger partial charge in [0, 0.05) is 22.5 Å². The molecule has 0 aliphatic rings. The summed E-state index contributed by atoms with van der Waals surface area (Å²) in [4.78, 5) is 13.0. The molecule has 8 heteroatoms. The van der Waals surface area contributed by atoms with Crippen molar-refractivity contribution in [1.82, 2.24) is 14.8 Å². The van der Waals surface area contributed by atoms with Gasteiger partial charge < -0.3 is 14.5 Å². The molecule has 0 aliphatic carbocycles. The minimum atomic E-state index is -0.419. The summed E-state index contributed by atoms with van der Waals surface area (Å²) in [5, 5.41) is 13.3. The number of aromatic nitrogens is 3. The second kappa shape index (κ2) is 8.39. The Kier molecular flexibility index (Phi) is 5.28. The molecule has 5 rings (SSSR count). The number of para-hydroxylation sites is 2. The number of hydrogen-bond acceptors (Lipinski definition) is 6. The van der Waals surface area contributed by atoms with Crippen LogP contribution in [0, 0.1) is 0 Å². The number of rotatable bonds is 6. The molecular weight excluding hydrogens is 424 g/mol. The highest BCUT2D eigenvalue weighted by Crippen LogP contribution is 2.36. The van der Waals surface area contributed by atoms with Gasteiger partial charge in [0.25, 0.3) is 0 Å². The number of hydrogen-bond donors (Lipinski definition) is 1. The molecule has 0 saturated heterocycles. The fraction of sp³-hybridized carbons (Fsp3) is 0.125. The predicted molar refractivity (Wildman–Crippen MR) is 126 cm³/mol. The van der Waals surface area contributed by atoms with Gasteiger partial charge in [-0.2, -0.15) is 0 Å². The van der Waals surface area contributed by atoms with Crippen molar-refractivity contribution in [2.24, 2.45) is 0 Å². The Balaban J connectivity index is 1.39. The maximum Gasteiger partial charge on any atom is 0.237 e. The molecule has 1 amide bonds. The van der Waals surface area contributed by atoms with E-state index in [0.717, 1.165) is 22.0 Å². The number of carbonyl (C=O) groups excluding carboxylic acids is 1. The number of amides is 1. The lowest BCUT2D eigenvalue weighted by molar-refractivity contribution is -0.115. The molecule has 0 aliphatic heterocycles. The normalized spacial score (nSPS) is 12.2. The Morgan fingerprint density at radius 2 is 1.84 bits per heavy atom. The number of methoxy groups -OCH3 is 1. The maximum absolute atomic E-state index is 13.0. The zero-order valence-electron chi connectivity index (χ0n) is 17.5. The Bertz CT molecular complexity index is 1410. The summed E-state index contributed by atoms with van der Waals surface area (Å²) in [5.41, 5.74) is 2.97. The topological polar surface area (TPSA) is 82.2 Å². The second-order valence-electron chi connectivity index (χ2n) is 7.22. The van der Waals surface area contributed by atoms with Crippen LogP contribution >= 0.6 is 11.8 Å². The van der Waals surface area contributed by atoms with Gasteiger partial charge in [-0.1, -0.05) is 48.2 Å². The Morgan fingerprint density at radius 3 is 2.66 bits per heavy atom. The lowest BCUT2D eigenvalue weighted by Crippen LogP contribution is -2.23. The molecule has 2 aromatic heterocycles. The van der Waals surface area contributed by atoms with Crippen LogP contribution in [0.25, 0.3) is 27.6 Å². The van der Waals surface area contributed by atoms with Gasteiger partial charge >= 0.3 is 0 Å². The van der Waals surface area contributed by atoms with Crippen LogP contribution in [-0.2, 0) is 4.79 Å². The van der Waals surface area contributed by atoms with Gasteiger partial charge in [0.2, 0.25) is 5.91 Å². The lowest BCUT2D eigenvalue weighted by Gasteiger charge is -2.14. The number of anilines is 1. The third-order valence-corrected chi connectivity index (χ3v) is 6.22. The summed E-state index contributed by atoms with van der Waals surface area (Å²) in [6, 6.07) is 21.3. The lowest BCUT2D eigenvalue weighted by atomic mass is 10.1. The quantitative estimate of drug-likeness (QED) is 0.358. The highest BCUT2D eigenvalue weighted by Gasteiger charge is 2.21. The van der Waals surface area contributed by atoms with E-state index in [9.17, 15) is 4.79 Å². The molecule has 1 unspecified atom stereocenters. The van der Waals surface area contributed by atoms with Gasteiger partial charge in [-0.25, -0.2) is 0 Å². The molecule has 1 N–H and O–H groups in total. The fourth-order valence-corrected chi connectivity index (χ4v) is 4.38. The minimum absolute atomic E-state index is 0.175. The Labute approximate surface area is 188 Å². The molecule has 32 heavy (non-hydrogen) atoms. The van der Waals surface area contributed by atoms with Crippen molar-refractivity contribution >= 4 is 45.3 Å². The van der Waals surface area contributed by atoms with Gasteiger partial charge in [0.1, 0.15) is 23.2 Å². The van der Waals surface area contributed by atoms with Crippen LogP contribution in [-0.4, -0.2) is 33.0 Å². The molecule has 0 spiro atoms. The number of benzene rings is 3. The number of fused-ring (bicyclic) bond motifs is 3. The van der Waals surface area contributed by atoms with Crippen LogP contribution in [0.1, 0.15) is 6.92 Å². The number of nitrogens with one attached hydrogen (secondary N) is 1. The van der Waals surface area contributed by atoms with E-state index < -0.39 is 5.25 Å². The number of ether oxygens (including phenoxy) is 1. The van der Waals surface area contributed by atoms with Crippen molar-refractivity contribution in [1.29, 1.82) is 0 Å². The van der Waals surface area contributed by atoms with Crippen molar-refractivity contribution in [3.63, 3.8) is 0 Å². The number of furan rings is 1. The van der Waals surface area contributed by atoms with Crippen molar-refractivity contribution in [2.45, 2.75) is 17.3 Å². The van der Waals surface area contributed by atoms with Crippen molar-refractivity contribution < 1.29 is 13.9 Å². The van der Waals surface area contributed by atoms with Gasteiger partial charge in [0.05, 0.1) is 18.0 Å². The van der Waals surface area contributed by atoms with Crippen molar-refractivity contribution in [3.05, 3.63) is 73.1 Å². The van der Waals surface area contributed by atoms with E-state index in [2.05, 4.69) is 15.5 Å². The first-order chi connectivity index (χ1) is 15.6. The summed E-state index contributed by atoms with van der Waals surface area (Å²) in [7, 11) is 1.58. The predicted octanol–water partition coefficient (Wildman–Crippen LogP) is 5.29. The van der Waals surface area contributed by atoms with E-state index in [1.54, 1.807) is 19.5 Å². The van der Waals surface area contributed by atoms with Crippen LogP contribution in [0.4, 0.5) is 5.69 Å². The summed E-state index contributed by atoms with van der Waals surface area (Å²) in [6.07, 6.45) is 1.64. The summed E-state index contributed by atoms with van der Waals surface area (Å²) < 4.78 is 13.4. The van der Waals surface area contributed by atoms with Gasteiger partial charge in [-0.3, -0.25) is 9.36 Å². The number of carbonyl (C=O) groups is 1. The zero-order valence-corrected chi connectivity index (χ0v) is 18.3. The average molecular weight is 445 g/mol. The Morgan fingerprint density at radius 1 is 1.06 bits per heavy atom. The number of nitrogens with zero attached hydrogens (tertiary/aromatic N) is 3. The first kappa shape index (κ1) is 20.1. The number of thioether (sulfide) groups is 1. The van der Waals surface area contributed by atoms with E-state index in [0.29, 0.717) is 22.2 Å². The van der Waals surface area contributed by atoms with Crippen LogP contribution < -0.4 is 10.1 Å². The molecule has 160 valence electrons. The summed E-state index contributed by atoms with van der Waals surface area (Å²) in [6.45, 7) is 1.83. The third kappa shape index (κ3) is 3.69. The zero-order chi connectivity index (χ0) is 22.1. The molecule has 1 atom stereocenters. The average Bonchev–Trinajstić information content (AvgIpc) is 3.43. The monoisotopic (exact) mass is 444 g/mol. The SMILES string of the molecule is COc1cc2c(cc1NC(=O)C(C)Sc1nncn1-c1ccccc1)oc1ccccc12. The largest absolute Gasteiger partial charge is 0.495 e. The Hall–Kier alpha value is -3.78. The van der Waals surface area contributed by atoms with E-state index >= 15 is 0 Å². The fourth-order valence-electron chi connectivity index (χ4n) is 3.53. The standard InChI is InChI=1S/C24H20N4O3S/c1-15(32-24-27-25-14-28(24)16-8-4-3-5-9-16)23(29)26-19-13-21-18(12-22(19)30-2)17-10-6-7-11-20(17)31-21/h3-15H,1-2H3,(H,26,29). The first-order valence-corrected chi connectivity index (χ1v) is 10.9. The van der Waals surface area contributed by atoms with Crippen LogP contribution in [0.3, 0.4) is 0 Å². The highest BCUT2D eigenvalue weighted by atomic mass is 32.2. The molecular formula is C24H20N4O3S. The summed E-state index contributed by atoms with van der Waals surface area (Å²) >= 11 is 1.33. The smallest absolute Gasteiger partial charge is 0.237 e. The van der Waals surface area contributed by atoms with Crippen molar-refractivity contribution in [2.75, 3.05) is 12.4 Å². The maximum atomic E-state index is 13.0. The highest BCUT2D eigenvalue weighted by molar-refractivity contribution is 8.00. The first-order valence-electron chi connectivity index (χ1n) is 10.1. The molecule has 0 bridgehead atoms. The molecule has 0 saturated carbocycles. The van der Waals surface area contributed by atoms with Crippen LogP contribution in [0.5, 0.6) is 5.75 Å². The van der Waals surface area contributed by atoms with Crippen LogP contribution in [0.15, 0.2) is 82.6 Å². The molecule has 0 fully saturated rings. The van der Waals surface area contributed by atoms with E-state index in [4.69, 9.17) is 9.15 Å². The molecule has 3 aromatic carbocycles. The molecule has 0 radical (unpaired) electrons. The van der Waals surface area contributed by atoms with Gasteiger partial charge in [-0.15, -0.1) is 10.2 Å². The van der Waals surface area contributed by atoms with E-state index in [1.807, 2.05) is 72.2 Å². The van der Waals surface area contributed by atoms with E-state index in [1.165, 1.54) is 11.8 Å².